The van der Waals surface area contributed by atoms with E-state index in [0.29, 0.717) is 6.10 Å². The van der Waals surface area contributed by atoms with E-state index in [4.69, 9.17) is 4.74 Å². The summed E-state index contributed by atoms with van der Waals surface area (Å²) in [4.78, 5) is 0. The minimum Gasteiger partial charge on any atom is -0.373 e. The fourth-order valence-electron chi connectivity index (χ4n) is 3.93. The lowest BCUT2D eigenvalue weighted by molar-refractivity contribution is -0.890. The second kappa shape index (κ2) is 15.9. The van der Waals surface area contributed by atoms with Crippen molar-refractivity contribution in [3.63, 3.8) is 0 Å². The number of epoxide rings is 1. The summed E-state index contributed by atoms with van der Waals surface area (Å²) in [5.41, 5.74) is 0. The molecule has 156 valence electrons. The van der Waals surface area contributed by atoms with Gasteiger partial charge in [-0.05, 0) is 12.8 Å². The SMILES string of the molecule is CCCCCCCCCCCCCCCCCC[N+](C)(C)CCC1CO1. The van der Waals surface area contributed by atoms with Gasteiger partial charge in [0.1, 0.15) is 0 Å². The summed E-state index contributed by atoms with van der Waals surface area (Å²) in [6, 6.07) is 0. The fraction of sp³-hybridized carbons (Fsp3) is 1.00. The van der Waals surface area contributed by atoms with E-state index in [-0.39, 0.29) is 0 Å². The van der Waals surface area contributed by atoms with Crippen molar-refractivity contribution < 1.29 is 9.22 Å². The molecule has 26 heavy (non-hydrogen) atoms. The fourth-order valence-corrected chi connectivity index (χ4v) is 3.93. The number of quaternary nitrogens is 1. The van der Waals surface area contributed by atoms with Crippen molar-refractivity contribution in [2.75, 3.05) is 33.8 Å². The molecule has 0 N–H and O–H groups in total. The van der Waals surface area contributed by atoms with Gasteiger partial charge in [0.05, 0.1) is 39.9 Å². The summed E-state index contributed by atoms with van der Waals surface area (Å²) >= 11 is 0. The molecule has 0 radical (unpaired) electrons. The highest BCUT2D eigenvalue weighted by Gasteiger charge is 2.26. The van der Waals surface area contributed by atoms with Crippen LogP contribution in [0.2, 0.25) is 0 Å². The van der Waals surface area contributed by atoms with E-state index >= 15 is 0 Å². The number of hydrogen-bond acceptors (Lipinski definition) is 1. The van der Waals surface area contributed by atoms with Crippen molar-refractivity contribution in [1.29, 1.82) is 0 Å². The van der Waals surface area contributed by atoms with Crippen molar-refractivity contribution in [2.24, 2.45) is 0 Å². The molecule has 0 bridgehead atoms. The van der Waals surface area contributed by atoms with Crippen LogP contribution in [0.25, 0.3) is 0 Å². The molecule has 1 heterocycles. The van der Waals surface area contributed by atoms with Crippen molar-refractivity contribution in [2.45, 2.75) is 122 Å². The van der Waals surface area contributed by atoms with E-state index in [1.807, 2.05) is 0 Å². The predicted octanol–water partition coefficient (Wildman–Crippen LogP) is 7.11. The Bertz CT molecular complexity index is 299. The van der Waals surface area contributed by atoms with Crippen LogP contribution in [0.5, 0.6) is 0 Å². The van der Waals surface area contributed by atoms with Gasteiger partial charge >= 0.3 is 0 Å². The van der Waals surface area contributed by atoms with E-state index in [1.165, 1.54) is 127 Å². The Labute approximate surface area is 165 Å². The maximum Gasteiger partial charge on any atom is 0.0863 e. The highest BCUT2D eigenvalue weighted by atomic mass is 16.6. The molecule has 0 aromatic heterocycles. The van der Waals surface area contributed by atoms with Crippen LogP contribution in [0.4, 0.5) is 0 Å². The molecule has 1 fully saturated rings. The van der Waals surface area contributed by atoms with Crippen LogP contribution in [0.15, 0.2) is 0 Å². The van der Waals surface area contributed by atoms with E-state index < -0.39 is 0 Å². The summed E-state index contributed by atoms with van der Waals surface area (Å²) in [6.07, 6.45) is 25.1. The van der Waals surface area contributed by atoms with Crippen LogP contribution in [-0.2, 0) is 4.74 Å². The molecule has 1 rings (SSSR count). The van der Waals surface area contributed by atoms with Crippen LogP contribution in [0.1, 0.15) is 116 Å². The molecule has 1 saturated heterocycles. The Morgan fingerprint density at radius 1 is 0.615 bits per heavy atom. The van der Waals surface area contributed by atoms with Crippen LogP contribution in [0, 0.1) is 0 Å². The minimum absolute atomic E-state index is 0.596. The topological polar surface area (TPSA) is 12.5 Å². The predicted molar refractivity (Wildman–Crippen MR) is 116 cm³/mol. The second-order valence-electron chi connectivity index (χ2n) is 9.43. The van der Waals surface area contributed by atoms with Crippen LogP contribution < -0.4 is 0 Å². The molecular formula is C24H50NO+. The van der Waals surface area contributed by atoms with E-state index in [1.54, 1.807) is 0 Å². The van der Waals surface area contributed by atoms with E-state index in [0.717, 1.165) is 6.61 Å². The third kappa shape index (κ3) is 16.1. The van der Waals surface area contributed by atoms with Crippen molar-refractivity contribution in [1.82, 2.24) is 0 Å². The molecule has 0 saturated carbocycles. The lowest BCUT2D eigenvalue weighted by atomic mass is 10.0. The Hall–Kier alpha value is -0.0800. The van der Waals surface area contributed by atoms with Crippen LogP contribution in [-0.4, -0.2) is 44.4 Å². The van der Waals surface area contributed by atoms with Gasteiger partial charge in [0.15, 0.2) is 0 Å². The normalized spacial score (nSPS) is 17.0. The lowest BCUT2D eigenvalue weighted by Crippen LogP contribution is -2.41. The molecule has 1 aliphatic rings. The van der Waals surface area contributed by atoms with Gasteiger partial charge in [-0.2, -0.15) is 0 Å². The first kappa shape index (κ1) is 24.0. The van der Waals surface area contributed by atoms with E-state index in [2.05, 4.69) is 21.0 Å². The Morgan fingerprint density at radius 3 is 1.38 bits per heavy atom. The lowest BCUT2D eigenvalue weighted by Gasteiger charge is -2.29. The summed E-state index contributed by atoms with van der Waals surface area (Å²) in [5.74, 6) is 0. The zero-order valence-electron chi connectivity index (χ0n) is 18.6. The monoisotopic (exact) mass is 368 g/mol. The van der Waals surface area contributed by atoms with Gasteiger partial charge in [-0.3, -0.25) is 0 Å². The largest absolute Gasteiger partial charge is 0.373 e. The van der Waals surface area contributed by atoms with Gasteiger partial charge in [0, 0.05) is 6.42 Å². The zero-order chi connectivity index (χ0) is 18.9. The van der Waals surface area contributed by atoms with Gasteiger partial charge in [-0.1, -0.05) is 96.8 Å². The van der Waals surface area contributed by atoms with Crippen LogP contribution >= 0.6 is 0 Å². The summed E-state index contributed by atoms with van der Waals surface area (Å²) in [5, 5.41) is 0. The average Bonchev–Trinajstić information content (AvgIpc) is 3.44. The molecule has 0 amide bonds. The molecule has 0 aromatic rings. The van der Waals surface area contributed by atoms with Gasteiger partial charge in [-0.15, -0.1) is 0 Å². The molecule has 0 aromatic carbocycles. The Kier molecular flexibility index (Phi) is 14.7. The number of hydrogen-bond donors (Lipinski definition) is 0. The van der Waals surface area contributed by atoms with Gasteiger partial charge in [0.2, 0.25) is 0 Å². The minimum atomic E-state index is 0.596. The first-order valence-electron chi connectivity index (χ1n) is 12.1. The number of ether oxygens (including phenoxy) is 1. The van der Waals surface area contributed by atoms with Crippen molar-refractivity contribution in [3.8, 4) is 0 Å². The van der Waals surface area contributed by atoms with Crippen LogP contribution in [0.3, 0.4) is 0 Å². The third-order valence-electron chi connectivity index (χ3n) is 6.08. The average molecular weight is 369 g/mol. The molecule has 2 nitrogen and oxygen atoms in total. The first-order valence-corrected chi connectivity index (χ1v) is 12.1. The highest BCUT2D eigenvalue weighted by Crippen LogP contribution is 2.17. The maximum absolute atomic E-state index is 5.33. The maximum atomic E-state index is 5.33. The van der Waals surface area contributed by atoms with Gasteiger partial charge in [-0.25, -0.2) is 0 Å². The number of rotatable bonds is 20. The second-order valence-corrected chi connectivity index (χ2v) is 9.43. The quantitative estimate of drug-likeness (QED) is 0.127. The smallest absolute Gasteiger partial charge is 0.0863 e. The molecule has 1 atom stereocenters. The number of nitrogens with zero attached hydrogens (tertiary/aromatic N) is 1. The molecule has 1 aliphatic heterocycles. The summed E-state index contributed by atoms with van der Waals surface area (Å²) in [6.45, 7) is 5.93. The van der Waals surface area contributed by atoms with Gasteiger partial charge < -0.3 is 9.22 Å². The highest BCUT2D eigenvalue weighted by molar-refractivity contribution is 4.67. The van der Waals surface area contributed by atoms with Crippen molar-refractivity contribution in [3.05, 3.63) is 0 Å². The molecule has 2 heteroatoms. The van der Waals surface area contributed by atoms with Gasteiger partial charge in [0.25, 0.3) is 0 Å². The summed E-state index contributed by atoms with van der Waals surface area (Å²) in [7, 11) is 4.77. The van der Waals surface area contributed by atoms with Crippen molar-refractivity contribution >= 4 is 0 Å². The zero-order valence-corrected chi connectivity index (χ0v) is 18.6. The summed E-state index contributed by atoms with van der Waals surface area (Å²) < 4.78 is 6.51. The Morgan fingerprint density at radius 2 is 1.00 bits per heavy atom. The molecule has 1 unspecified atom stereocenters. The number of unbranched alkanes of at least 4 members (excludes halogenated alkanes) is 15. The third-order valence-corrected chi connectivity index (χ3v) is 6.08. The standard InChI is InChI=1S/C24H50NO/c1-4-5-6-7-8-9-10-11-12-13-14-15-16-17-18-19-21-25(2,3)22-20-24-23-26-24/h24H,4-23H2,1-3H3/q+1. The molecular weight excluding hydrogens is 318 g/mol. The Balaban J connectivity index is 1.71. The first-order chi connectivity index (χ1) is 12.6. The van der Waals surface area contributed by atoms with E-state index in [9.17, 15) is 0 Å². The molecule has 0 aliphatic carbocycles. The molecule has 0 spiro atoms.